The lowest BCUT2D eigenvalue weighted by molar-refractivity contribution is 0.192. The predicted molar refractivity (Wildman–Crippen MR) is 56.8 cm³/mol. The van der Waals surface area contributed by atoms with Gasteiger partial charge in [-0.1, -0.05) is 44.0 Å². The van der Waals surface area contributed by atoms with E-state index in [2.05, 4.69) is 31.2 Å². The monoisotopic (exact) mass is 178 g/mol. The molecular formula is C12H18O. The molecule has 0 saturated heterocycles. The molecule has 0 aromatic heterocycles. The van der Waals surface area contributed by atoms with Crippen LogP contribution < -0.4 is 0 Å². The molecule has 0 aliphatic heterocycles. The van der Waals surface area contributed by atoms with Crippen LogP contribution >= 0.6 is 0 Å². The summed E-state index contributed by atoms with van der Waals surface area (Å²) in [5.74, 6) is 0. The lowest BCUT2D eigenvalue weighted by Crippen LogP contribution is -1.85. The van der Waals surface area contributed by atoms with E-state index >= 15 is 0 Å². The Kier molecular flexibility index (Phi) is 4.55. The Bertz CT molecular complexity index is 200. The third kappa shape index (κ3) is 3.19. The molecular weight excluding hydrogens is 160 g/mol. The second kappa shape index (κ2) is 5.76. The summed E-state index contributed by atoms with van der Waals surface area (Å²) in [5, 5.41) is 0. The van der Waals surface area contributed by atoms with Crippen LogP contribution in [0.3, 0.4) is 0 Å². The van der Waals surface area contributed by atoms with E-state index < -0.39 is 0 Å². The van der Waals surface area contributed by atoms with Gasteiger partial charge in [0.2, 0.25) is 0 Å². The van der Waals surface area contributed by atoms with Crippen LogP contribution in [0.25, 0.3) is 11.1 Å². The van der Waals surface area contributed by atoms with E-state index in [0.717, 1.165) is 6.61 Å². The van der Waals surface area contributed by atoms with E-state index in [1.54, 1.807) is 7.11 Å². The zero-order valence-electron chi connectivity index (χ0n) is 8.55. The van der Waals surface area contributed by atoms with Gasteiger partial charge in [-0.15, -0.1) is 0 Å². The van der Waals surface area contributed by atoms with Crippen molar-refractivity contribution in [3.63, 3.8) is 0 Å². The molecule has 0 N–H and O–H groups in total. The molecule has 0 heterocycles. The first-order valence-corrected chi connectivity index (χ1v) is 4.98. The maximum absolute atomic E-state index is 4.84. The van der Waals surface area contributed by atoms with Crippen molar-refractivity contribution in [2.75, 3.05) is 13.7 Å². The molecule has 0 saturated carbocycles. The first-order chi connectivity index (χ1) is 6.38. The van der Waals surface area contributed by atoms with Gasteiger partial charge >= 0.3 is 0 Å². The van der Waals surface area contributed by atoms with Crippen LogP contribution in [0.2, 0.25) is 0 Å². The zero-order chi connectivity index (χ0) is 9.52. The molecule has 0 aromatic rings. The van der Waals surface area contributed by atoms with Crippen molar-refractivity contribution in [2.24, 2.45) is 0 Å². The topological polar surface area (TPSA) is 9.23 Å². The molecule has 2 aliphatic carbocycles. The summed E-state index contributed by atoms with van der Waals surface area (Å²) < 4.78 is 4.84. The lowest BCUT2D eigenvalue weighted by Gasteiger charge is -2.10. The molecule has 13 heavy (non-hydrogen) atoms. The van der Waals surface area contributed by atoms with Crippen LogP contribution in [0.4, 0.5) is 0 Å². The second-order valence-corrected chi connectivity index (χ2v) is 3.28. The summed E-state index contributed by atoms with van der Waals surface area (Å²) in [6.07, 6.45) is 3.80. The van der Waals surface area contributed by atoms with Gasteiger partial charge in [-0.25, -0.2) is 0 Å². The van der Waals surface area contributed by atoms with Gasteiger partial charge in [0.25, 0.3) is 0 Å². The molecule has 2 rings (SSSR count). The van der Waals surface area contributed by atoms with Gasteiger partial charge in [-0.3, -0.25) is 0 Å². The van der Waals surface area contributed by atoms with Crippen LogP contribution in [0.15, 0.2) is 24.3 Å². The Hall–Kier alpha value is -0.820. The molecule has 0 aromatic carbocycles. The van der Waals surface area contributed by atoms with E-state index in [0.29, 0.717) is 0 Å². The van der Waals surface area contributed by atoms with Crippen molar-refractivity contribution in [1.82, 2.24) is 0 Å². The fourth-order valence-electron chi connectivity index (χ4n) is 1.16. The highest BCUT2D eigenvalue weighted by atomic mass is 16.5. The van der Waals surface area contributed by atoms with Crippen molar-refractivity contribution < 1.29 is 4.74 Å². The van der Waals surface area contributed by atoms with E-state index in [1.165, 1.54) is 30.4 Å². The maximum Gasteiger partial charge on any atom is 0.0462 e. The summed E-state index contributed by atoms with van der Waals surface area (Å²) in [7, 11) is 1.75. The number of hydrogen-bond acceptors (Lipinski definition) is 1. The average Bonchev–Trinajstić information content (AvgIpc) is 2.13. The summed E-state index contributed by atoms with van der Waals surface area (Å²) in [6, 6.07) is 8.48. The van der Waals surface area contributed by atoms with Crippen molar-refractivity contribution in [3.05, 3.63) is 24.3 Å². The Morgan fingerprint density at radius 1 is 1.00 bits per heavy atom. The molecule has 0 fully saturated rings. The predicted octanol–water partition coefficient (Wildman–Crippen LogP) is 3.49. The highest BCUT2D eigenvalue weighted by Crippen LogP contribution is 2.29. The molecule has 1 heteroatoms. The van der Waals surface area contributed by atoms with Crippen molar-refractivity contribution in [1.29, 1.82) is 0 Å². The minimum Gasteiger partial charge on any atom is -0.385 e. The normalized spacial score (nSPS) is 10.3. The first kappa shape index (κ1) is 10.3. The fraction of sp³-hybridized carbons (Fsp3) is 0.500. The van der Waals surface area contributed by atoms with Crippen LogP contribution in [-0.4, -0.2) is 13.7 Å². The molecule has 0 spiro atoms. The molecule has 0 bridgehead atoms. The van der Waals surface area contributed by atoms with E-state index in [1.807, 2.05) is 0 Å². The average molecular weight is 178 g/mol. The summed E-state index contributed by atoms with van der Waals surface area (Å²) >= 11 is 0. The van der Waals surface area contributed by atoms with Gasteiger partial charge in [-0.2, -0.15) is 0 Å². The largest absolute Gasteiger partial charge is 0.385 e. The molecule has 0 radical (unpaired) electrons. The number of benzene rings is 1. The molecule has 0 unspecified atom stereocenters. The van der Waals surface area contributed by atoms with Gasteiger partial charge in [0, 0.05) is 13.7 Å². The first-order valence-electron chi connectivity index (χ1n) is 4.98. The van der Waals surface area contributed by atoms with Crippen molar-refractivity contribution in [2.45, 2.75) is 26.2 Å². The van der Waals surface area contributed by atoms with Crippen LogP contribution in [0, 0.1) is 0 Å². The molecule has 2 aliphatic rings. The third-order valence-corrected chi connectivity index (χ3v) is 2.17. The summed E-state index contributed by atoms with van der Waals surface area (Å²) in [4.78, 5) is 0. The summed E-state index contributed by atoms with van der Waals surface area (Å²) in [5.41, 5.74) is 2.85. The second-order valence-electron chi connectivity index (χ2n) is 3.28. The zero-order valence-corrected chi connectivity index (χ0v) is 8.55. The Balaban J connectivity index is 0.000000130. The van der Waals surface area contributed by atoms with Crippen molar-refractivity contribution in [3.8, 4) is 11.1 Å². The third-order valence-electron chi connectivity index (χ3n) is 2.17. The fourth-order valence-corrected chi connectivity index (χ4v) is 1.16. The quantitative estimate of drug-likeness (QED) is 0.651. The van der Waals surface area contributed by atoms with Gasteiger partial charge in [0.05, 0.1) is 0 Å². The minimum atomic E-state index is 0.924. The molecule has 0 amide bonds. The number of hydrogen-bond donors (Lipinski definition) is 0. The van der Waals surface area contributed by atoms with E-state index in [9.17, 15) is 0 Å². The van der Waals surface area contributed by atoms with Crippen LogP contribution in [0.5, 0.6) is 0 Å². The lowest BCUT2D eigenvalue weighted by atomic mass is 9.95. The molecule has 72 valence electrons. The smallest absolute Gasteiger partial charge is 0.0462 e. The Morgan fingerprint density at radius 2 is 1.54 bits per heavy atom. The van der Waals surface area contributed by atoms with E-state index in [4.69, 9.17) is 4.74 Å². The number of ether oxygens (including phenoxy) is 1. The standard InChI is InChI=1S/C6H14O.C6H4/c1-3-4-5-6-7-2;1-2-6-4-3-5(1)6/h3-6H2,1-2H3;1-4H. The van der Waals surface area contributed by atoms with Gasteiger partial charge < -0.3 is 4.74 Å². The van der Waals surface area contributed by atoms with E-state index in [-0.39, 0.29) is 0 Å². The highest BCUT2D eigenvalue weighted by Gasteiger charge is 2.03. The highest BCUT2D eigenvalue weighted by molar-refractivity contribution is 5.75. The molecule has 0 atom stereocenters. The molecule has 1 nitrogen and oxygen atoms in total. The SMILES string of the molecule is CCCCCOC.c1cc2ccc1-2. The Labute approximate surface area is 80.7 Å². The Morgan fingerprint density at radius 3 is 1.77 bits per heavy atom. The van der Waals surface area contributed by atoms with Crippen molar-refractivity contribution >= 4 is 0 Å². The number of rotatable bonds is 4. The minimum absolute atomic E-state index is 0.924. The van der Waals surface area contributed by atoms with Gasteiger partial charge in [0.1, 0.15) is 0 Å². The number of fused-ring (bicyclic) bond motifs is 1. The number of methoxy groups -OCH3 is 1. The van der Waals surface area contributed by atoms with Gasteiger partial charge in [0.15, 0.2) is 0 Å². The number of unbranched alkanes of at least 4 members (excludes halogenated alkanes) is 2. The summed E-state index contributed by atoms with van der Waals surface area (Å²) in [6.45, 7) is 3.11. The van der Waals surface area contributed by atoms with Crippen LogP contribution in [-0.2, 0) is 4.74 Å². The maximum atomic E-state index is 4.84. The van der Waals surface area contributed by atoms with Gasteiger partial charge in [-0.05, 0) is 17.5 Å². The van der Waals surface area contributed by atoms with Crippen LogP contribution in [0.1, 0.15) is 26.2 Å².